The van der Waals surface area contributed by atoms with Crippen molar-refractivity contribution in [2.75, 3.05) is 24.7 Å². The number of aromatic nitrogens is 2. The van der Waals surface area contributed by atoms with Crippen LogP contribution in [0.15, 0.2) is 76.6 Å². The van der Waals surface area contributed by atoms with Gasteiger partial charge in [0.1, 0.15) is 24.7 Å². The third kappa shape index (κ3) is 6.66. The first-order valence-corrected chi connectivity index (χ1v) is 16.8. The second-order valence-electron chi connectivity index (χ2n) is 10.4. The SMILES string of the molecule is CCCCCOc1cccc([C@H]2/C(=C(\O)c3ccc4c(c3)OCCO4)C(=O)C(=O)N2c2nnc(SCc3ccccc3Cl)s2)c1. The monoisotopic (exact) mass is 663 g/mol. The summed E-state index contributed by atoms with van der Waals surface area (Å²) in [7, 11) is 0. The Balaban J connectivity index is 1.38. The van der Waals surface area contributed by atoms with Crippen LogP contribution in [0, 0.1) is 0 Å². The van der Waals surface area contributed by atoms with Crippen molar-refractivity contribution in [3.05, 3.63) is 94.0 Å². The van der Waals surface area contributed by atoms with E-state index >= 15 is 0 Å². The summed E-state index contributed by atoms with van der Waals surface area (Å²) in [5.74, 6) is 0.167. The standard InChI is InChI=1S/C33H30ClN3O6S2/c1-2-3-6-14-41-23-10-7-9-20(17-23)28-27(29(38)21-12-13-25-26(18-21)43-16-15-42-25)30(39)31(40)37(28)32-35-36-33(45-32)44-19-22-8-4-5-11-24(22)34/h4-5,7-13,17-18,28,38H,2-3,6,14-16,19H2,1H3/b29-27+/t28-/m0/s1. The Labute approximate surface area is 273 Å². The number of aliphatic hydroxyl groups is 1. The number of carbonyl (C=O) groups excluding carboxylic acids is 2. The zero-order valence-corrected chi connectivity index (χ0v) is 26.8. The first-order chi connectivity index (χ1) is 21.9. The predicted octanol–water partition coefficient (Wildman–Crippen LogP) is 7.45. The summed E-state index contributed by atoms with van der Waals surface area (Å²) in [5.41, 5.74) is 1.78. The summed E-state index contributed by atoms with van der Waals surface area (Å²) in [5, 5.41) is 21.1. The zero-order valence-electron chi connectivity index (χ0n) is 24.4. The molecule has 0 radical (unpaired) electrons. The molecule has 0 aliphatic carbocycles. The highest BCUT2D eigenvalue weighted by Crippen LogP contribution is 2.45. The van der Waals surface area contributed by atoms with Gasteiger partial charge in [-0.1, -0.05) is 84.8 Å². The number of anilines is 1. The van der Waals surface area contributed by atoms with E-state index < -0.39 is 17.7 Å². The summed E-state index contributed by atoms with van der Waals surface area (Å²) in [6, 6.07) is 18.7. The van der Waals surface area contributed by atoms with Gasteiger partial charge < -0.3 is 19.3 Å². The summed E-state index contributed by atoms with van der Waals surface area (Å²) >= 11 is 8.95. The van der Waals surface area contributed by atoms with Crippen LogP contribution in [0.4, 0.5) is 5.13 Å². The smallest absolute Gasteiger partial charge is 0.301 e. The van der Waals surface area contributed by atoms with Crippen LogP contribution < -0.4 is 19.1 Å². The van der Waals surface area contributed by atoms with E-state index in [2.05, 4.69) is 17.1 Å². The van der Waals surface area contributed by atoms with Crippen LogP contribution in [-0.2, 0) is 15.3 Å². The molecule has 3 aromatic carbocycles. The topological polar surface area (TPSA) is 111 Å². The Bertz CT molecular complexity index is 1760. The number of thioether (sulfide) groups is 1. The number of nitrogens with zero attached hydrogens (tertiary/aromatic N) is 3. The number of Topliss-reactive ketones (excluding diaryl/α,β-unsaturated/α-hetero) is 1. The van der Waals surface area contributed by atoms with Crippen LogP contribution in [0.1, 0.15) is 48.9 Å². The van der Waals surface area contributed by atoms with E-state index in [-0.39, 0.29) is 16.5 Å². The number of hydrogen-bond donors (Lipinski definition) is 1. The molecule has 232 valence electrons. The first-order valence-electron chi connectivity index (χ1n) is 14.6. The number of carbonyl (C=O) groups is 2. The number of ether oxygens (including phenoxy) is 3. The molecule has 1 amide bonds. The number of benzene rings is 3. The maximum atomic E-state index is 13.7. The number of unbranched alkanes of at least 4 members (excludes halogenated alkanes) is 2. The number of fused-ring (bicyclic) bond motifs is 1. The maximum Gasteiger partial charge on any atom is 0.301 e. The van der Waals surface area contributed by atoms with Gasteiger partial charge in [0.15, 0.2) is 15.8 Å². The van der Waals surface area contributed by atoms with E-state index in [4.69, 9.17) is 25.8 Å². The van der Waals surface area contributed by atoms with Crippen LogP contribution in [0.25, 0.3) is 5.76 Å². The molecule has 0 unspecified atom stereocenters. The second kappa shape index (κ2) is 13.9. The fourth-order valence-corrected chi connectivity index (χ4v) is 7.27. The van der Waals surface area contributed by atoms with E-state index in [0.717, 1.165) is 24.8 Å². The molecule has 2 aliphatic rings. The van der Waals surface area contributed by atoms with Gasteiger partial charge in [0, 0.05) is 16.3 Å². The lowest BCUT2D eigenvalue weighted by Crippen LogP contribution is -2.29. The molecule has 1 N–H and O–H groups in total. The average molecular weight is 664 g/mol. The van der Waals surface area contributed by atoms with Crippen LogP contribution in [0.3, 0.4) is 0 Å². The highest BCUT2D eigenvalue weighted by molar-refractivity contribution is 8.00. The molecule has 3 heterocycles. The zero-order chi connectivity index (χ0) is 31.3. The van der Waals surface area contributed by atoms with E-state index in [1.807, 2.05) is 30.3 Å². The third-order valence-electron chi connectivity index (χ3n) is 7.36. The van der Waals surface area contributed by atoms with Crippen LogP contribution in [-0.4, -0.2) is 46.8 Å². The van der Waals surface area contributed by atoms with Crippen molar-refractivity contribution >= 4 is 57.3 Å². The first kappa shape index (κ1) is 30.9. The number of hydrogen-bond acceptors (Lipinski definition) is 10. The fourth-order valence-electron chi connectivity index (χ4n) is 5.12. The predicted molar refractivity (Wildman–Crippen MR) is 175 cm³/mol. The van der Waals surface area contributed by atoms with E-state index in [1.165, 1.54) is 28.0 Å². The molecule has 45 heavy (non-hydrogen) atoms. The molecule has 2 aliphatic heterocycles. The molecule has 1 saturated heterocycles. The van der Waals surface area contributed by atoms with Crippen molar-refractivity contribution in [3.63, 3.8) is 0 Å². The van der Waals surface area contributed by atoms with E-state index in [1.54, 1.807) is 36.4 Å². The minimum atomic E-state index is -0.980. The number of aliphatic hydroxyl groups excluding tert-OH is 1. The van der Waals surface area contributed by atoms with Crippen molar-refractivity contribution < 1.29 is 28.9 Å². The van der Waals surface area contributed by atoms with Gasteiger partial charge in [-0.25, -0.2) is 0 Å². The van der Waals surface area contributed by atoms with Gasteiger partial charge in [0.2, 0.25) is 5.13 Å². The van der Waals surface area contributed by atoms with E-state index in [9.17, 15) is 14.7 Å². The summed E-state index contributed by atoms with van der Waals surface area (Å²) in [6.45, 7) is 3.44. The Hall–Kier alpha value is -4.06. The van der Waals surface area contributed by atoms with Gasteiger partial charge in [0.25, 0.3) is 5.78 Å². The number of ketones is 1. The minimum absolute atomic E-state index is 0.0692. The lowest BCUT2D eigenvalue weighted by Gasteiger charge is -2.23. The molecule has 0 spiro atoms. The Morgan fingerprint density at radius 1 is 1.04 bits per heavy atom. The molecule has 1 atom stereocenters. The molecule has 9 nitrogen and oxygen atoms in total. The quantitative estimate of drug-likeness (QED) is 0.0437. The molecular formula is C33H30ClN3O6S2. The van der Waals surface area contributed by atoms with Crippen molar-refractivity contribution in [1.29, 1.82) is 0 Å². The van der Waals surface area contributed by atoms with Crippen molar-refractivity contribution in [2.45, 2.75) is 42.3 Å². The Morgan fingerprint density at radius 2 is 1.87 bits per heavy atom. The molecule has 1 fully saturated rings. The highest BCUT2D eigenvalue weighted by atomic mass is 35.5. The van der Waals surface area contributed by atoms with Gasteiger partial charge in [-0.2, -0.15) is 0 Å². The molecule has 6 rings (SSSR count). The summed E-state index contributed by atoms with van der Waals surface area (Å²) < 4.78 is 17.9. The molecule has 0 bridgehead atoms. The van der Waals surface area contributed by atoms with E-state index in [0.29, 0.717) is 63.3 Å². The van der Waals surface area contributed by atoms with Gasteiger partial charge in [-0.3, -0.25) is 14.5 Å². The van der Waals surface area contributed by atoms with Crippen LogP contribution in [0.5, 0.6) is 17.2 Å². The second-order valence-corrected chi connectivity index (χ2v) is 13.0. The molecular weight excluding hydrogens is 634 g/mol. The van der Waals surface area contributed by atoms with Crippen LogP contribution >= 0.6 is 34.7 Å². The van der Waals surface area contributed by atoms with Crippen molar-refractivity contribution in [2.24, 2.45) is 0 Å². The van der Waals surface area contributed by atoms with Crippen molar-refractivity contribution in [1.82, 2.24) is 10.2 Å². The van der Waals surface area contributed by atoms with Gasteiger partial charge in [-0.15, -0.1) is 10.2 Å². The summed E-state index contributed by atoms with van der Waals surface area (Å²) in [6.07, 6.45) is 3.02. The fraction of sp³-hybridized carbons (Fsp3) is 0.273. The number of halogens is 1. The van der Waals surface area contributed by atoms with Gasteiger partial charge >= 0.3 is 5.91 Å². The number of rotatable bonds is 11. The Morgan fingerprint density at radius 3 is 2.69 bits per heavy atom. The lowest BCUT2D eigenvalue weighted by molar-refractivity contribution is -0.132. The Kier molecular flexibility index (Phi) is 9.58. The third-order valence-corrected chi connectivity index (χ3v) is 9.83. The van der Waals surface area contributed by atoms with Crippen molar-refractivity contribution in [3.8, 4) is 17.2 Å². The highest BCUT2D eigenvalue weighted by Gasteiger charge is 2.48. The van der Waals surface area contributed by atoms with Crippen LogP contribution in [0.2, 0.25) is 5.02 Å². The minimum Gasteiger partial charge on any atom is -0.507 e. The lowest BCUT2D eigenvalue weighted by atomic mass is 9.95. The van der Waals surface area contributed by atoms with Gasteiger partial charge in [-0.05, 0) is 53.9 Å². The largest absolute Gasteiger partial charge is 0.507 e. The maximum absolute atomic E-state index is 13.7. The normalized spacial score (nSPS) is 17.1. The number of amides is 1. The molecule has 12 heteroatoms. The molecule has 1 aromatic heterocycles. The van der Waals surface area contributed by atoms with Gasteiger partial charge in [0.05, 0.1) is 18.2 Å². The molecule has 0 saturated carbocycles. The molecule has 4 aromatic rings. The summed E-state index contributed by atoms with van der Waals surface area (Å²) in [4.78, 5) is 28.7. The average Bonchev–Trinajstić information content (AvgIpc) is 3.64.